The van der Waals surface area contributed by atoms with E-state index >= 15 is 0 Å². The van der Waals surface area contributed by atoms with Crippen LogP contribution in [0, 0.1) is 18.8 Å². The third-order valence-corrected chi connectivity index (χ3v) is 7.56. The monoisotopic (exact) mass is 416 g/mol. The minimum Gasteiger partial charge on any atom is -0.477 e. The van der Waals surface area contributed by atoms with Crippen LogP contribution in [0.25, 0.3) is 11.3 Å². The average Bonchev–Trinajstić information content (AvgIpc) is 3.18. The molecule has 4 atom stereocenters. The molecule has 0 aliphatic carbocycles. The Labute approximate surface area is 170 Å². The summed E-state index contributed by atoms with van der Waals surface area (Å²) in [5, 5.41) is 21.6. The summed E-state index contributed by atoms with van der Waals surface area (Å²) < 4.78 is 0.736. The van der Waals surface area contributed by atoms with Crippen molar-refractivity contribution in [2.75, 3.05) is 0 Å². The molecule has 2 aliphatic heterocycles. The second kappa shape index (κ2) is 7.02. The predicted octanol–water partition coefficient (Wildman–Crippen LogP) is 3.36. The number of rotatable bonds is 5. The molecule has 0 unspecified atom stereocenters. The van der Waals surface area contributed by atoms with Gasteiger partial charge in [-0.1, -0.05) is 48.5 Å². The SMILES string of the molecule is Cc1ccc(-c2csc(SC3=C(C(=O)O)N4C(=O)[C@H]([C@@H](C)O)[C@H]4[C@H]3C)n2)cc1. The summed E-state index contributed by atoms with van der Waals surface area (Å²) in [6, 6.07) is 7.77. The van der Waals surface area contributed by atoms with Crippen LogP contribution >= 0.6 is 23.1 Å². The lowest BCUT2D eigenvalue weighted by Crippen LogP contribution is -2.63. The number of aliphatic hydroxyl groups excluding tert-OH is 1. The molecule has 3 heterocycles. The number of benzene rings is 1. The van der Waals surface area contributed by atoms with E-state index in [1.54, 1.807) is 6.92 Å². The van der Waals surface area contributed by atoms with Gasteiger partial charge in [0.15, 0.2) is 4.34 Å². The van der Waals surface area contributed by atoms with Crippen LogP contribution in [0.4, 0.5) is 0 Å². The van der Waals surface area contributed by atoms with Gasteiger partial charge in [0, 0.05) is 21.8 Å². The largest absolute Gasteiger partial charge is 0.477 e. The number of nitrogens with zero attached hydrogens (tertiary/aromatic N) is 2. The van der Waals surface area contributed by atoms with Crippen LogP contribution in [-0.2, 0) is 9.59 Å². The minimum atomic E-state index is -1.12. The number of β-lactam (4-membered cyclic amide) rings is 1. The number of fused-ring (bicyclic) bond motifs is 1. The van der Waals surface area contributed by atoms with Crippen molar-refractivity contribution in [3.05, 3.63) is 45.8 Å². The van der Waals surface area contributed by atoms with Gasteiger partial charge in [0.2, 0.25) is 5.91 Å². The van der Waals surface area contributed by atoms with Gasteiger partial charge in [0.05, 0.1) is 23.8 Å². The van der Waals surface area contributed by atoms with Gasteiger partial charge in [-0.25, -0.2) is 9.78 Å². The van der Waals surface area contributed by atoms with E-state index in [-0.39, 0.29) is 23.6 Å². The van der Waals surface area contributed by atoms with Gasteiger partial charge in [-0.2, -0.15) is 0 Å². The van der Waals surface area contributed by atoms with Crippen LogP contribution in [0.1, 0.15) is 19.4 Å². The molecule has 2 N–H and O–H groups in total. The highest BCUT2D eigenvalue weighted by molar-refractivity contribution is 8.04. The number of aromatic nitrogens is 1. The molecule has 28 heavy (non-hydrogen) atoms. The Bertz CT molecular complexity index is 980. The van der Waals surface area contributed by atoms with E-state index in [1.807, 2.05) is 43.5 Å². The lowest BCUT2D eigenvalue weighted by molar-refractivity contribution is -0.163. The van der Waals surface area contributed by atoms with Gasteiger partial charge >= 0.3 is 5.97 Å². The smallest absolute Gasteiger partial charge is 0.353 e. The summed E-state index contributed by atoms with van der Waals surface area (Å²) in [6.07, 6.45) is -0.802. The molecule has 1 aromatic carbocycles. The molecule has 0 saturated carbocycles. The topological polar surface area (TPSA) is 90.7 Å². The predicted molar refractivity (Wildman–Crippen MR) is 108 cm³/mol. The van der Waals surface area contributed by atoms with Crippen LogP contribution in [0.3, 0.4) is 0 Å². The van der Waals surface area contributed by atoms with Crippen LogP contribution in [0.2, 0.25) is 0 Å². The molecule has 6 nitrogen and oxygen atoms in total. The number of amides is 1. The molecule has 1 amide bonds. The second-order valence-electron chi connectivity index (χ2n) is 7.24. The van der Waals surface area contributed by atoms with E-state index in [1.165, 1.54) is 33.6 Å². The number of aliphatic hydroxyl groups is 1. The number of aliphatic carboxylic acids is 1. The van der Waals surface area contributed by atoms with E-state index in [2.05, 4.69) is 4.98 Å². The molecule has 1 aromatic heterocycles. The number of carboxylic acids is 1. The average molecular weight is 417 g/mol. The molecule has 1 fully saturated rings. The summed E-state index contributed by atoms with van der Waals surface area (Å²) >= 11 is 2.76. The Kier molecular flexibility index (Phi) is 4.81. The maximum absolute atomic E-state index is 12.4. The zero-order valence-corrected chi connectivity index (χ0v) is 17.3. The Balaban J connectivity index is 1.63. The lowest BCUT2D eigenvalue weighted by atomic mass is 9.79. The fourth-order valence-corrected chi connectivity index (χ4v) is 6.01. The van der Waals surface area contributed by atoms with Gasteiger partial charge in [-0.05, 0) is 13.8 Å². The number of aryl methyl sites for hydroxylation is 1. The van der Waals surface area contributed by atoms with Crippen molar-refractivity contribution in [2.45, 2.75) is 37.3 Å². The highest BCUT2D eigenvalue weighted by atomic mass is 32.2. The molecule has 2 aromatic rings. The summed E-state index contributed by atoms with van der Waals surface area (Å²) in [6.45, 7) is 5.51. The third-order valence-electron chi connectivity index (χ3n) is 5.34. The number of carboxylic acid groups (broad SMARTS) is 1. The molecular weight excluding hydrogens is 396 g/mol. The van der Waals surface area contributed by atoms with E-state index in [4.69, 9.17) is 0 Å². The Morgan fingerprint density at radius 3 is 2.61 bits per heavy atom. The van der Waals surface area contributed by atoms with Gasteiger partial charge < -0.3 is 15.1 Å². The molecule has 0 radical (unpaired) electrons. The molecule has 4 rings (SSSR count). The van der Waals surface area contributed by atoms with Crippen molar-refractivity contribution in [1.29, 1.82) is 0 Å². The first-order chi connectivity index (χ1) is 13.3. The normalized spacial score (nSPS) is 24.9. The van der Waals surface area contributed by atoms with Crippen LogP contribution in [-0.4, -0.2) is 44.1 Å². The van der Waals surface area contributed by atoms with Crippen molar-refractivity contribution < 1.29 is 19.8 Å². The van der Waals surface area contributed by atoms with E-state index in [0.29, 0.717) is 4.91 Å². The fourth-order valence-electron chi connectivity index (χ4n) is 3.91. The van der Waals surface area contributed by atoms with Crippen LogP contribution in [0.5, 0.6) is 0 Å². The maximum Gasteiger partial charge on any atom is 0.353 e. The highest BCUT2D eigenvalue weighted by Crippen LogP contribution is 2.52. The van der Waals surface area contributed by atoms with Gasteiger partial charge in [0.1, 0.15) is 5.70 Å². The second-order valence-corrected chi connectivity index (χ2v) is 9.39. The van der Waals surface area contributed by atoms with Crippen molar-refractivity contribution in [1.82, 2.24) is 9.88 Å². The molecule has 1 saturated heterocycles. The summed E-state index contributed by atoms with van der Waals surface area (Å²) in [4.78, 5) is 30.9. The standard InChI is InChI=1S/C20H20N2O4S2/c1-9-4-6-12(7-5-9)13-8-27-20(21-13)28-17-10(2)15-14(11(3)23)18(24)22(15)16(17)19(25)26/h4-8,10-11,14-15,23H,1-3H3,(H,25,26)/t10-,11-,14-,15-/m1/s1. The third kappa shape index (κ3) is 2.96. The van der Waals surface area contributed by atoms with Crippen LogP contribution < -0.4 is 0 Å². The number of hydrogen-bond donors (Lipinski definition) is 2. The van der Waals surface area contributed by atoms with E-state index in [9.17, 15) is 19.8 Å². The molecule has 0 bridgehead atoms. The van der Waals surface area contributed by atoms with Gasteiger partial charge in [-0.3, -0.25) is 4.79 Å². The molecule has 8 heteroatoms. The number of thiazole rings is 1. The molecular formula is C20H20N2O4S2. The maximum atomic E-state index is 12.4. The van der Waals surface area contributed by atoms with Crippen molar-refractivity contribution >= 4 is 35.0 Å². The molecule has 2 aliphatic rings. The number of thioether (sulfide) groups is 1. The van der Waals surface area contributed by atoms with Gasteiger partial charge in [-0.15, -0.1) is 11.3 Å². The highest BCUT2D eigenvalue weighted by Gasteiger charge is 2.60. The van der Waals surface area contributed by atoms with E-state index < -0.39 is 18.0 Å². The Morgan fingerprint density at radius 1 is 1.32 bits per heavy atom. The van der Waals surface area contributed by atoms with Crippen molar-refractivity contribution in [2.24, 2.45) is 11.8 Å². The van der Waals surface area contributed by atoms with E-state index in [0.717, 1.165) is 15.6 Å². The first-order valence-electron chi connectivity index (χ1n) is 8.98. The number of carbonyl (C=O) groups excluding carboxylic acids is 1. The summed E-state index contributed by atoms with van der Waals surface area (Å²) in [5.74, 6) is -2.16. The lowest BCUT2D eigenvalue weighted by Gasteiger charge is -2.46. The quantitative estimate of drug-likeness (QED) is 0.727. The first-order valence-corrected chi connectivity index (χ1v) is 10.7. The Morgan fingerprint density at radius 2 is 2.00 bits per heavy atom. The van der Waals surface area contributed by atoms with Crippen molar-refractivity contribution in [3.8, 4) is 11.3 Å². The zero-order valence-electron chi connectivity index (χ0n) is 15.6. The van der Waals surface area contributed by atoms with Gasteiger partial charge in [0.25, 0.3) is 0 Å². The summed E-state index contributed by atoms with van der Waals surface area (Å²) in [7, 11) is 0. The molecule has 0 spiro atoms. The zero-order chi connectivity index (χ0) is 20.2. The number of hydrogen-bond acceptors (Lipinski definition) is 6. The Hall–Kier alpha value is -2.16. The number of carbonyl (C=O) groups is 2. The van der Waals surface area contributed by atoms with Crippen LogP contribution in [0.15, 0.2) is 44.6 Å². The first kappa shape index (κ1) is 19.2. The van der Waals surface area contributed by atoms with Crippen molar-refractivity contribution in [3.63, 3.8) is 0 Å². The summed E-state index contributed by atoms with van der Waals surface area (Å²) in [5.41, 5.74) is 3.05. The molecule has 146 valence electrons. The minimum absolute atomic E-state index is 0.0245. The fraction of sp³-hybridized carbons (Fsp3) is 0.350.